The van der Waals surface area contributed by atoms with Crippen LogP contribution in [0.3, 0.4) is 0 Å². The van der Waals surface area contributed by atoms with Crippen LogP contribution in [0.4, 0.5) is 0 Å². The Morgan fingerprint density at radius 2 is 1.75 bits per heavy atom. The zero-order valence-electron chi connectivity index (χ0n) is 16.2. The molecule has 0 aromatic heterocycles. The summed E-state index contributed by atoms with van der Waals surface area (Å²) >= 11 is 0. The Morgan fingerprint density at radius 1 is 0.958 bits per heavy atom. The topological polar surface area (TPSA) is 17.1 Å². The van der Waals surface area contributed by atoms with E-state index >= 15 is 0 Å². The molecule has 0 aromatic rings. The summed E-state index contributed by atoms with van der Waals surface area (Å²) in [5.74, 6) is 6.80. The SMILES string of the molecule is CCC[C@H]1CC[C@H]2[C@H](CC[C@@H]3[C@@H]2CC[C@]2(C)[C@@H](C(C)=O)CC[C@@H]32)C1. The van der Waals surface area contributed by atoms with Gasteiger partial charge >= 0.3 is 0 Å². The molecule has 0 saturated heterocycles. The fourth-order valence-corrected chi connectivity index (χ4v) is 8.29. The van der Waals surface area contributed by atoms with Gasteiger partial charge in [0.1, 0.15) is 5.78 Å². The number of rotatable bonds is 3. The molecule has 4 fully saturated rings. The van der Waals surface area contributed by atoms with Gasteiger partial charge in [0.05, 0.1) is 0 Å². The summed E-state index contributed by atoms with van der Waals surface area (Å²) in [7, 11) is 0. The molecule has 0 amide bonds. The summed E-state index contributed by atoms with van der Waals surface area (Å²) in [4.78, 5) is 12.2. The fraction of sp³-hybridized carbons (Fsp3) is 0.957. The van der Waals surface area contributed by atoms with Crippen molar-refractivity contribution in [1.82, 2.24) is 0 Å². The van der Waals surface area contributed by atoms with Gasteiger partial charge in [-0.25, -0.2) is 0 Å². The molecule has 8 atom stereocenters. The molecule has 4 aliphatic rings. The quantitative estimate of drug-likeness (QED) is 0.597. The molecule has 136 valence electrons. The third kappa shape index (κ3) is 2.60. The van der Waals surface area contributed by atoms with E-state index in [2.05, 4.69) is 13.8 Å². The number of fused-ring (bicyclic) bond motifs is 5. The van der Waals surface area contributed by atoms with Crippen molar-refractivity contribution in [2.75, 3.05) is 0 Å². The summed E-state index contributed by atoms with van der Waals surface area (Å²) < 4.78 is 0. The van der Waals surface area contributed by atoms with Gasteiger partial charge in [-0.05, 0) is 99.2 Å². The molecular formula is C23H38O. The second-order valence-corrected chi connectivity index (χ2v) is 10.2. The van der Waals surface area contributed by atoms with Crippen LogP contribution in [0.5, 0.6) is 0 Å². The molecule has 0 bridgehead atoms. The Labute approximate surface area is 149 Å². The average molecular weight is 331 g/mol. The summed E-state index contributed by atoms with van der Waals surface area (Å²) in [6.07, 6.45) is 15.7. The van der Waals surface area contributed by atoms with Gasteiger partial charge in [-0.15, -0.1) is 0 Å². The largest absolute Gasteiger partial charge is 0.300 e. The van der Waals surface area contributed by atoms with Crippen LogP contribution in [0.25, 0.3) is 0 Å². The van der Waals surface area contributed by atoms with E-state index in [9.17, 15) is 4.79 Å². The Morgan fingerprint density at radius 3 is 2.50 bits per heavy atom. The lowest BCUT2D eigenvalue weighted by Gasteiger charge is -2.56. The Bertz CT molecular complexity index is 482. The minimum atomic E-state index is 0.346. The van der Waals surface area contributed by atoms with E-state index in [1.807, 2.05) is 6.92 Å². The van der Waals surface area contributed by atoms with Crippen molar-refractivity contribution in [3.8, 4) is 0 Å². The average Bonchev–Trinajstić information content (AvgIpc) is 2.92. The first-order chi connectivity index (χ1) is 11.5. The van der Waals surface area contributed by atoms with Gasteiger partial charge in [-0.3, -0.25) is 4.79 Å². The zero-order valence-corrected chi connectivity index (χ0v) is 16.2. The Kier molecular flexibility index (Phi) is 4.59. The Hall–Kier alpha value is -0.330. The molecule has 0 N–H and O–H groups in total. The van der Waals surface area contributed by atoms with Crippen LogP contribution in [0.1, 0.15) is 91.4 Å². The third-order valence-electron chi connectivity index (χ3n) is 9.25. The lowest BCUT2D eigenvalue weighted by atomic mass is 9.49. The number of hydrogen-bond donors (Lipinski definition) is 0. The van der Waals surface area contributed by atoms with Crippen LogP contribution in [0.15, 0.2) is 0 Å². The molecular weight excluding hydrogens is 292 g/mol. The maximum Gasteiger partial charge on any atom is 0.133 e. The van der Waals surface area contributed by atoms with E-state index in [-0.39, 0.29) is 0 Å². The van der Waals surface area contributed by atoms with Gasteiger partial charge in [0.15, 0.2) is 0 Å². The summed E-state index contributed by atoms with van der Waals surface area (Å²) in [6.45, 7) is 6.70. The normalized spacial score (nSPS) is 50.7. The lowest BCUT2D eigenvalue weighted by Crippen LogP contribution is -2.49. The van der Waals surface area contributed by atoms with Gasteiger partial charge in [0.25, 0.3) is 0 Å². The van der Waals surface area contributed by atoms with Crippen LogP contribution < -0.4 is 0 Å². The predicted molar refractivity (Wildman–Crippen MR) is 99.7 cm³/mol. The van der Waals surface area contributed by atoms with Gasteiger partial charge in [-0.1, -0.05) is 33.1 Å². The third-order valence-corrected chi connectivity index (χ3v) is 9.25. The van der Waals surface area contributed by atoms with E-state index < -0.39 is 0 Å². The highest BCUT2D eigenvalue weighted by atomic mass is 16.1. The molecule has 24 heavy (non-hydrogen) atoms. The number of Topliss-reactive ketones (excluding diaryl/α,β-unsaturated/α-hetero) is 1. The molecule has 1 heteroatoms. The van der Waals surface area contributed by atoms with E-state index in [4.69, 9.17) is 0 Å². The molecule has 1 nitrogen and oxygen atoms in total. The van der Waals surface area contributed by atoms with Crippen LogP contribution in [0, 0.1) is 46.8 Å². The maximum absolute atomic E-state index is 12.2. The Balaban J connectivity index is 1.49. The van der Waals surface area contributed by atoms with E-state index in [0.29, 0.717) is 17.1 Å². The highest BCUT2D eigenvalue weighted by molar-refractivity contribution is 5.79. The summed E-state index contributed by atoms with van der Waals surface area (Å²) in [5, 5.41) is 0. The van der Waals surface area contributed by atoms with Crippen LogP contribution in [-0.4, -0.2) is 5.78 Å². The lowest BCUT2D eigenvalue weighted by molar-refractivity contribution is -0.128. The van der Waals surface area contributed by atoms with Crippen molar-refractivity contribution in [2.24, 2.45) is 46.8 Å². The molecule has 0 unspecified atom stereocenters. The van der Waals surface area contributed by atoms with E-state index in [1.54, 1.807) is 6.42 Å². The minimum absolute atomic E-state index is 0.346. The van der Waals surface area contributed by atoms with Crippen LogP contribution >= 0.6 is 0 Å². The second-order valence-electron chi connectivity index (χ2n) is 10.2. The molecule has 4 saturated carbocycles. The first kappa shape index (κ1) is 17.1. The molecule has 0 radical (unpaired) electrons. The standard InChI is InChI=1S/C23H38O/c1-4-5-16-6-8-18-17(14-16)7-9-20-19(18)12-13-23(3)21(15(2)24)10-11-22(20)23/h16-22H,4-14H2,1-3H3/t16-,17+,18-,19+,20+,21+,22-,23+/m0/s1. The van der Waals surface area contributed by atoms with Crippen molar-refractivity contribution in [2.45, 2.75) is 91.4 Å². The predicted octanol–water partition coefficient (Wildman–Crippen LogP) is 6.26. The minimum Gasteiger partial charge on any atom is -0.300 e. The molecule has 4 rings (SSSR count). The monoisotopic (exact) mass is 330 g/mol. The van der Waals surface area contributed by atoms with Crippen molar-refractivity contribution in [3.63, 3.8) is 0 Å². The number of ketones is 1. The smallest absolute Gasteiger partial charge is 0.133 e. The maximum atomic E-state index is 12.2. The highest BCUT2D eigenvalue weighted by Crippen LogP contribution is 2.64. The zero-order chi connectivity index (χ0) is 16.9. The van der Waals surface area contributed by atoms with Crippen molar-refractivity contribution < 1.29 is 4.79 Å². The fourth-order valence-electron chi connectivity index (χ4n) is 8.29. The van der Waals surface area contributed by atoms with E-state index in [0.717, 1.165) is 35.5 Å². The summed E-state index contributed by atoms with van der Waals surface area (Å²) in [5.41, 5.74) is 0.346. The number of carbonyl (C=O) groups is 1. The van der Waals surface area contributed by atoms with E-state index in [1.165, 1.54) is 64.2 Å². The highest BCUT2D eigenvalue weighted by Gasteiger charge is 2.57. The van der Waals surface area contributed by atoms with Gasteiger partial charge in [0.2, 0.25) is 0 Å². The second kappa shape index (κ2) is 6.44. The van der Waals surface area contributed by atoms with Crippen LogP contribution in [-0.2, 0) is 4.79 Å². The number of carbonyl (C=O) groups excluding carboxylic acids is 1. The van der Waals surface area contributed by atoms with Gasteiger partial charge in [-0.2, -0.15) is 0 Å². The molecule has 0 aliphatic heterocycles. The summed E-state index contributed by atoms with van der Waals surface area (Å²) in [6, 6.07) is 0. The molecule has 0 heterocycles. The first-order valence-electron chi connectivity index (χ1n) is 11.0. The number of hydrogen-bond acceptors (Lipinski definition) is 1. The molecule has 0 spiro atoms. The van der Waals surface area contributed by atoms with Crippen molar-refractivity contribution in [1.29, 1.82) is 0 Å². The first-order valence-corrected chi connectivity index (χ1v) is 11.0. The van der Waals surface area contributed by atoms with Gasteiger partial charge < -0.3 is 0 Å². The van der Waals surface area contributed by atoms with Gasteiger partial charge in [0, 0.05) is 5.92 Å². The van der Waals surface area contributed by atoms with Crippen molar-refractivity contribution >= 4 is 5.78 Å². The van der Waals surface area contributed by atoms with Crippen LogP contribution in [0.2, 0.25) is 0 Å². The molecule has 0 aromatic carbocycles. The molecule has 4 aliphatic carbocycles. The van der Waals surface area contributed by atoms with Crippen molar-refractivity contribution in [3.05, 3.63) is 0 Å².